The predicted molar refractivity (Wildman–Crippen MR) is 79.0 cm³/mol. The van der Waals surface area contributed by atoms with Crippen molar-refractivity contribution in [2.45, 2.75) is 23.1 Å². The van der Waals surface area contributed by atoms with E-state index in [4.69, 9.17) is 5.11 Å². The molecule has 2 amide bonds. The molecule has 1 unspecified atom stereocenters. The van der Waals surface area contributed by atoms with Crippen molar-refractivity contribution in [2.24, 2.45) is 5.92 Å². The van der Waals surface area contributed by atoms with Crippen molar-refractivity contribution in [3.8, 4) is 0 Å². The van der Waals surface area contributed by atoms with Gasteiger partial charge in [-0.15, -0.1) is 9.35 Å². The van der Waals surface area contributed by atoms with Crippen molar-refractivity contribution in [1.82, 2.24) is 5.06 Å². The number of carbonyl (C=O) groups is 2. The minimum Gasteiger partial charge on any atom is -0.396 e. The van der Waals surface area contributed by atoms with E-state index in [1.54, 1.807) is 12.1 Å². The van der Waals surface area contributed by atoms with Gasteiger partial charge in [-0.1, -0.05) is 28.1 Å². The minimum absolute atomic E-state index is 0.0877. The van der Waals surface area contributed by atoms with E-state index >= 15 is 0 Å². The van der Waals surface area contributed by atoms with E-state index in [-0.39, 0.29) is 29.4 Å². The number of alkyl halides is 1. The highest BCUT2D eigenvalue weighted by molar-refractivity contribution is 9.08. The van der Waals surface area contributed by atoms with Gasteiger partial charge in [-0.05, 0) is 24.1 Å². The van der Waals surface area contributed by atoms with Gasteiger partial charge in [0, 0.05) is 18.4 Å². The molecule has 1 aromatic carbocycles. The summed E-state index contributed by atoms with van der Waals surface area (Å²) in [6.07, 6.45) is -0.0815. The van der Waals surface area contributed by atoms with Gasteiger partial charge in [0.1, 0.15) is 0 Å². The molecule has 1 fully saturated rings. The molecular weight excluding hydrogens is 378 g/mol. The molecule has 0 aromatic heterocycles. The van der Waals surface area contributed by atoms with Gasteiger partial charge in [0.2, 0.25) is 0 Å². The molecule has 1 aromatic rings. The molecule has 120 valence electrons. The maximum Gasteiger partial charge on any atom is 0.318 e. The fourth-order valence-corrected chi connectivity index (χ4v) is 3.30. The summed E-state index contributed by atoms with van der Waals surface area (Å²) in [6.45, 7) is -0.266. The molecule has 1 aliphatic rings. The third-order valence-corrected chi connectivity index (χ3v) is 5.06. The third kappa shape index (κ3) is 3.54. The number of imide groups is 1. The first-order valence-electron chi connectivity index (χ1n) is 6.46. The Bertz CT molecular complexity index is 672. The van der Waals surface area contributed by atoms with Crippen LogP contribution in [-0.2, 0) is 29.3 Å². The molecule has 0 aliphatic carbocycles. The number of benzene rings is 1. The molecule has 1 aliphatic heterocycles. The molecule has 0 spiro atoms. The van der Waals surface area contributed by atoms with Gasteiger partial charge in [0.15, 0.2) is 0 Å². The molecule has 1 saturated heterocycles. The average Bonchev–Trinajstić information content (AvgIpc) is 2.75. The Kier molecular flexibility index (Phi) is 5.32. The summed E-state index contributed by atoms with van der Waals surface area (Å²) in [4.78, 5) is 23.5. The lowest BCUT2D eigenvalue weighted by Crippen LogP contribution is -2.33. The Balaban J connectivity index is 2.17. The molecule has 7 nitrogen and oxygen atoms in total. The summed E-state index contributed by atoms with van der Waals surface area (Å²) >= 11 is 3.24. The molecule has 0 bridgehead atoms. The standard InChI is InChI=1S/C13H14BrNO6S/c14-8-9-1-3-11(4-2-9)22(19,20)21-15-12(17)7-10(5-6-16)13(15)18/h1-4,10,16H,5-8H2. The molecule has 0 saturated carbocycles. The fourth-order valence-electron chi connectivity index (χ4n) is 2.02. The minimum atomic E-state index is -4.27. The maximum absolute atomic E-state index is 12.1. The third-order valence-electron chi connectivity index (χ3n) is 3.21. The predicted octanol–water partition coefficient (Wildman–Crippen LogP) is 0.959. The zero-order valence-corrected chi connectivity index (χ0v) is 13.8. The SMILES string of the molecule is O=C1CC(CCO)C(=O)N1OS(=O)(=O)c1ccc(CBr)cc1. The van der Waals surface area contributed by atoms with Gasteiger partial charge in [-0.2, -0.15) is 8.42 Å². The molecule has 2 rings (SSSR count). The first-order chi connectivity index (χ1) is 10.4. The highest BCUT2D eigenvalue weighted by atomic mass is 79.9. The highest BCUT2D eigenvalue weighted by Gasteiger charge is 2.42. The number of rotatable bonds is 6. The summed E-state index contributed by atoms with van der Waals surface area (Å²) in [7, 11) is -4.27. The zero-order valence-electron chi connectivity index (χ0n) is 11.4. The number of aliphatic hydroxyl groups is 1. The average molecular weight is 392 g/mol. The van der Waals surface area contributed by atoms with Crippen LogP contribution in [0.15, 0.2) is 29.2 Å². The number of carbonyl (C=O) groups excluding carboxylic acids is 2. The molecule has 0 radical (unpaired) electrons. The van der Waals surface area contributed by atoms with Crippen LogP contribution in [0.5, 0.6) is 0 Å². The molecule has 1 heterocycles. The first kappa shape index (κ1) is 17.1. The second-order valence-corrected chi connectivity index (χ2v) is 6.84. The van der Waals surface area contributed by atoms with Crippen LogP contribution in [0.4, 0.5) is 0 Å². The van der Waals surface area contributed by atoms with Crippen LogP contribution in [0.25, 0.3) is 0 Å². The van der Waals surface area contributed by atoms with Crippen molar-refractivity contribution in [3.63, 3.8) is 0 Å². The molecular formula is C13H14BrNO6S. The van der Waals surface area contributed by atoms with Gasteiger partial charge in [0.05, 0.1) is 10.8 Å². The van der Waals surface area contributed by atoms with E-state index in [9.17, 15) is 18.0 Å². The number of hydroxylamine groups is 2. The van der Waals surface area contributed by atoms with Crippen molar-refractivity contribution < 1.29 is 27.4 Å². The zero-order chi connectivity index (χ0) is 16.3. The molecule has 22 heavy (non-hydrogen) atoms. The smallest absolute Gasteiger partial charge is 0.318 e. The van der Waals surface area contributed by atoms with Crippen LogP contribution in [0, 0.1) is 5.92 Å². The summed E-state index contributed by atoms with van der Waals surface area (Å²) in [5.74, 6) is -2.23. The van der Waals surface area contributed by atoms with Gasteiger partial charge < -0.3 is 5.11 Å². The van der Waals surface area contributed by atoms with Gasteiger partial charge in [-0.25, -0.2) is 0 Å². The van der Waals surface area contributed by atoms with Crippen LogP contribution in [0.2, 0.25) is 0 Å². The van der Waals surface area contributed by atoms with E-state index in [2.05, 4.69) is 20.2 Å². The molecule has 1 atom stereocenters. The summed E-state index contributed by atoms with van der Waals surface area (Å²) in [5, 5.41) is 9.67. The summed E-state index contributed by atoms with van der Waals surface area (Å²) in [5.41, 5.74) is 0.871. The van der Waals surface area contributed by atoms with Crippen LogP contribution in [0.3, 0.4) is 0 Å². The lowest BCUT2D eigenvalue weighted by Gasteiger charge is -2.14. The summed E-state index contributed by atoms with van der Waals surface area (Å²) in [6, 6.07) is 5.85. The largest absolute Gasteiger partial charge is 0.396 e. The monoisotopic (exact) mass is 391 g/mol. The van der Waals surface area contributed by atoms with E-state index in [0.29, 0.717) is 5.33 Å². The number of nitrogens with zero attached hydrogens (tertiary/aromatic N) is 1. The second kappa shape index (κ2) is 6.86. The van der Waals surface area contributed by atoms with Crippen molar-refractivity contribution in [3.05, 3.63) is 29.8 Å². The van der Waals surface area contributed by atoms with Crippen molar-refractivity contribution >= 4 is 37.9 Å². The van der Waals surface area contributed by atoms with E-state index in [0.717, 1.165) is 5.56 Å². The molecule has 1 N–H and O–H groups in total. The van der Waals surface area contributed by atoms with Gasteiger partial charge >= 0.3 is 10.1 Å². The summed E-state index contributed by atoms with van der Waals surface area (Å²) < 4.78 is 28.9. The highest BCUT2D eigenvalue weighted by Crippen LogP contribution is 2.25. The Hall–Kier alpha value is -1.29. The normalized spacial score (nSPS) is 19.0. The molecule has 9 heteroatoms. The van der Waals surface area contributed by atoms with Gasteiger partial charge in [-0.3, -0.25) is 9.59 Å². The van der Waals surface area contributed by atoms with Crippen LogP contribution in [-0.4, -0.2) is 37.0 Å². The van der Waals surface area contributed by atoms with E-state index in [1.165, 1.54) is 12.1 Å². The maximum atomic E-state index is 12.1. The number of aliphatic hydroxyl groups excluding tert-OH is 1. The number of halogens is 1. The van der Waals surface area contributed by atoms with Crippen molar-refractivity contribution in [2.75, 3.05) is 6.61 Å². The van der Waals surface area contributed by atoms with Crippen molar-refractivity contribution in [1.29, 1.82) is 0 Å². The number of hydrogen-bond donors (Lipinski definition) is 1. The Morgan fingerprint density at radius 1 is 1.27 bits per heavy atom. The Morgan fingerprint density at radius 3 is 2.45 bits per heavy atom. The number of hydrogen-bond acceptors (Lipinski definition) is 6. The Labute approximate surface area is 136 Å². The quantitative estimate of drug-likeness (QED) is 0.572. The first-order valence-corrected chi connectivity index (χ1v) is 8.99. The lowest BCUT2D eigenvalue weighted by atomic mass is 10.1. The fraction of sp³-hybridized carbons (Fsp3) is 0.385. The second-order valence-electron chi connectivity index (χ2n) is 4.75. The van der Waals surface area contributed by atoms with Gasteiger partial charge in [0.25, 0.3) is 11.8 Å². The van der Waals surface area contributed by atoms with E-state index in [1.807, 2.05) is 0 Å². The lowest BCUT2D eigenvalue weighted by molar-refractivity contribution is -0.165. The Morgan fingerprint density at radius 2 is 1.91 bits per heavy atom. The van der Waals surface area contributed by atoms with Crippen LogP contribution >= 0.6 is 15.9 Å². The number of amides is 2. The topological polar surface area (TPSA) is 101 Å². The van der Waals surface area contributed by atoms with Crippen LogP contribution in [0.1, 0.15) is 18.4 Å². The van der Waals surface area contributed by atoms with Crippen LogP contribution < -0.4 is 0 Å². The van der Waals surface area contributed by atoms with E-state index < -0.39 is 27.9 Å².